The van der Waals surface area contributed by atoms with E-state index in [0.29, 0.717) is 5.69 Å². The largest absolute Gasteiger partial charge is 0.392 e. The molecule has 0 saturated carbocycles. The SMILES string of the molecule is Cc1cccc(CO)c1N=CNO. The van der Waals surface area contributed by atoms with Crippen LogP contribution in [0.25, 0.3) is 0 Å². The Morgan fingerprint density at radius 3 is 2.92 bits per heavy atom. The van der Waals surface area contributed by atoms with Crippen molar-refractivity contribution in [3.63, 3.8) is 0 Å². The molecule has 1 rings (SSSR count). The number of nitrogens with one attached hydrogen (secondary N) is 1. The first-order valence-corrected chi connectivity index (χ1v) is 3.91. The summed E-state index contributed by atoms with van der Waals surface area (Å²) in [6.45, 7) is 1.84. The van der Waals surface area contributed by atoms with Gasteiger partial charge in [-0.25, -0.2) is 4.99 Å². The minimum atomic E-state index is -0.0558. The number of aliphatic hydroxyl groups is 1. The van der Waals surface area contributed by atoms with E-state index in [1.54, 1.807) is 6.07 Å². The molecule has 4 nitrogen and oxygen atoms in total. The maximum Gasteiger partial charge on any atom is 0.113 e. The second-order valence-electron chi connectivity index (χ2n) is 2.63. The number of hydroxylamine groups is 1. The van der Waals surface area contributed by atoms with Gasteiger partial charge in [-0.2, -0.15) is 0 Å². The number of aryl methyl sites for hydroxylation is 1. The highest BCUT2D eigenvalue weighted by molar-refractivity contribution is 5.64. The fraction of sp³-hybridized carbons (Fsp3) is 0.222. The molecule has 0 amide bonds. The number of benzene rings is 1. The van der Waals surface area contributed by atoms with Gasteiger partial charge in [0.2, 0.25) is 0 Å². The maximum atomic E-state index is 8.99. The lowest BCUT2D eigenvalue weighted by Gasteiger charge is -2.04. The van der Waals surface area contributed by atoms with Crippen LogP contribution < -0.4 is 5.48 Å². The Morgan fingerprint density at radius 1 is 1.54 bits per heavy atom. The third-order valence-corrected chi connectivity index (χ3v) is 1.74. The molecule has 4 heteroatoms. The molecule has 0 fully saturated rings. The van der Waals surface area contributed by atoms with Crippen LogP contribution in [0, 0.1) is 6.92 Å². The number of nitrogens with zero attached hydrogens (tertiary/aromatic N) is 1. The van der Waals surface area contributed by atoms with Crippen molar-refractivity contribution in [1.29, 1.82) is 0 Å². The monoisotopic (exact) mass is 180 g/mol. The highest BCUT2D eigenvalue weighted by Crippen LogP contribution is 2.23. The van der Waals surface area contributed by atoms with Crippen molar-refractivity contribution < 1.29 is 10.3 Å². The number of rotatable bonds is 3. The summed E-state index contributed by atoms with van der Waals surface area (Å²) in [5.41, 5.74) is 4.21. The Bertz CT molecular complexity index is 310. The molecule has 0 bridgehead atoms. The maximum absolute atomic E-state index is 8.99. The predicted molar refractivity (Wildman–Crippen MR) is 50.2 cm³/mol. The van der Waals surface area contributed by atoms with Crippen molar-refractivity contribution in [2.75, 3.05) is 0 Å². The summed E-state index contributed by atoms with van der Waals surface area (Å²) in [5.74, 6) is 0. The van der Waals surface area contributed by atoms with E-state index in [1.807, 2.05) is 24.5 Å². The molecule has 0 spiro atoms. The van der Waals surface area contributed by atoms with Gasteiger partial charge in [-0.15, -0.1) is 0 Å². The first-order valence-electron chi connectivity index (χ1n) is 3.91. The van der Waals surface area contributed by atoms with Gasteiger partial charge >= 0.3 is 0 Å². The molecule has 0 saturated heterocycles. The Morgan fingerprint density at radius 2 is 2.31 bits per heavy atom. The lowest BCUT2D eigenvalue weighted by molar-refractivity contribution is 0.240. The predicted octanol–water partition coefficient (Wildman–Crippen LogP) is 1.13. The summed E-state index contributed by atoms with van der Waals surface area (Å²) in [7, 11) is 0. The molecule has 0 aliphatic carbocycles. The van der Waals surface area contributed by atoms with Crippen molar-refractivity contribution >= 4 is 12.0 Å². The lowest BCUT2D eigenvalue weighted by atomic mass is 10.1. The molecular weight excluding hydrogens is 168 g/mol. The first-order chi connectivity index (χ1) is 6.29. The van der Waals surface area contributed by atoms with Gasteiger partial charge in [-0.3, -0.25) is 10.7 Å². The summed E-state index contributed by atoms with van der Waals surface area (Å²) in [6, 6.07) is 5.53. The summed E-state index contributed by atoms with van der Waals surface area (Å²) in [4.78, 5) is 3.95. The molecule has 0 aromatic heterocycles. The van der Waals surface area contributed by atoms with Crippen LogP contribution in [-0.2, 0) is 6.61 Å². The molecular formula is C9H12N2O2. The summed E-state index contributed by atoms with van der Waals surface area (Å²) in [6.07, 6.45) is 1.17. The third kappa shape index (κ3) is 2.27. The van der Waals surface area contributed by atoms with E-state index in [-0.39, 0.29) is 6.61 Å². The van der Waals surface area contributed by atoms with Crippen molar-refractivity contribution in [2.45, 2.75) is 13.5 Å². The zero-order valence-corrected chi connectivity index (χ0v) is 7.36. The van der Waals surface area contributed by atoms with Crippen LogP contribution in [0.1, 0.15) is 11.1 Å². The molecule has 70 valence electrons. The number of aliphatic hydroxyl groups excluding tert-OH is 1. The van der Waals surface area contributed by atoms with E-state index in [9.17, 15) is 0 Å². The summed E-state index contributed by atoms with van der Waals surface area (Å²) < 4.78 is 0. The van der Waals surface area contributed by atoms with E-state index < -0.39 is 0 Å². The molecule has 0 aliphatic rings. The molecule has 0 unspecified atom stereocenters. The van der Waals surface area contributed by atoms with E-state index in [1.165, 1.54) is 6.34 Å². The second kappa shape index (κ2) is 4.59. The van der Waals surface area contributed by atoms with Crippen LogP contribution in [0.3, 0.4) is 0 Å². The van der Waals surface area contributed by atoms with E-state index >= 15 is 0 Å². The molecule has 0 radical (unpaired) electrons. The highest BCUT2D eigenvalue weighted by atomic mass is 16.5. The third-order valence-electron chi connectivity index (χ3n) is 1.74. The molecule has 13 heavy (non-hydrogen) atoms. The Hall–Kier alpha value is -1.39. The van der Waals surface area contributed by atoms with Crippen LogP contribution >= 0.6 is 0 Å². The van der Waals surface area contributed by atoms with Crippen LogP contribution in [0.2, 0.25) is 0 Å². The van der Waals surface area contributed by atoms with Crippen molar-refractivity contribution in [1.82, 2.24) is 5.48 Å². The number of hydrogen-bond donors (Lipinski definition) is 3. The van der Waals surface area contributed by atoms with Crippen molar-refractivity contribution in [2.24, 2.45) is 4.99 Å². The quantitative estimate of drug-likeness (QED) is 0.371. The standard InChI is InChI=1S/C9H12N2O2/c1-7-3-2-4-8(5-12)9(7)10-6-11-13/h2-4,6,12-13H,5H2,1H3,(H,10,11). The molecule has 0 atom stereocenters. The smallest absolute Gasteiger partial charge is 0.113 e. The topological polar surface area (TPSA) is 64.9 Å². The minimum absolute atomic E-state index is 0.0558. The average Bonchev–Trinajstić information content (AvgIpc) is 2.15. The van der Waals surface area contributed by atoms with E-state index in [0.717, 1.165) is 11.1 Å². The van der Waals surface area contributed by atoms with Crippen molar-refractivity contribution in [3.05, 3.63) is 29.3 Å². The van der Waals surface area contributed by atoms with Gasteiger partial charge in [0.1, 0.15) is 6.34 Å². The first kappa shape index (κ1) is 9.70. The Balaban J connectivity index is 3.07. The fourth-order valence-corrected chi connectivity index (χ4v) is 1.13. The van der Waals surface area contributed by atoms with Gasteiger partial charge in [-0.1, -0.05) is 18.2 Å². The lowest BCUT2D eigenvalue weighted by Crippen LogP contribution is -2.01. The van der Waals surface area contributed by atoms with Crippen LogP contribution in [-0.4, -0.2) is 16.7 Å². The van der Waals surface area contributed by atoms with Gasteiger partial charge < -0.3 is 5.11 Å². The Kier molecular flexibility index (Phi) is 3.42. The van der Waals surface area contributed by atoms with Crippen LogP contribution in [0.4, 0.5) is 5.69 Å². The zero-order chi connectivity index (χ0) is 9.68. The normalized spacial score (nSPS) is 10.7. The average molecular weight is 180 g/mol. The van der Waals surface area contributed by atoms with Crippen molar-refractivity contribution in [3.8, 4) is 0 Å². The number of para-hydroxylation sites is 1. The second-order valence-corrected chi connectivity index (χ2v) is 2.63. The fourth-order valence-electron chi connectivity index (χ4n) is 1.13. The minimum Gasteiger partial charge on any atom is -0.392 e. The van der Waals surface area contributed by atoms with E-state index in [2.05, 4.69) is 4.99 Å². The summed E-state index contributed by atoms with van der Waals surface area (Å²) >= 11 is 0. The van der Waals surface area contributed by atoms with E-state index in [4.69, 9.17) is 10.3 Å². The molecule has 3 N–H and O–H groups in total. The van der Waals surface area contributed by atoms with Crippen LogP contribution in [0.5, 0.6) is 0 Å². The number of aliphatic imine (C=N–C) groups is 1. The van der Waals surface area contributed by atoms with Gasteiger partial charge in [-0.05, 0) is 12.5 Å². The highest BCUT2D eigenvalue weighted by Gasteiger charge is 2.01. The molecule has 1 aromatic carbocycles. The van der Waals surface area contributed by atoms with Crippen LogP contribution in [0.15, 0.2) is 23.2 Å². The number of hydrogen-bond acceptors (Lipinski definition) is 3. The van der Waals surface area contributed by atoms with Gasteiger partial charge in [0.25, 0.3) is 0 Å². The van der Waals surface area contributed by atoms with Gasteiger partial charge in [0.05, 0.1) is 12.3 Å². The molecule has 1 aromatic rings. The van der Waals surface area contributed by atoms with Gasteiger partial charge in [0.15, 0.2) is 0 Å². The zero-order valence-electron chi connectivity index (χ0n) is 7.36. The Labute approximate surface area is 76.5 Å². The molecule has 0 aliphatic heterocycles. The molecule has 0 heterocycles. The summed E-state index contributed by atoms with van der Waals surface area (Å²) in [5, 5.41) is 17.3. The van der Waals surface area contributed by atoms with Gasteiger partial charge in [0, 0.05) is 5.56 Å².